The van der Waals surface area contributed by atoms with Crippen LogP contribution < -0.4 is 5.32 Å². The van der Waals surface area contributed by atoms with Crippen LogP contribution in [0.3, 0.4) is 0 Å². The van der Waals surface area contributed by atoms with E-state index in [1.165, 1.54) is 18.7 Å². The molecule has 1 N–H and O–H groups in total. The molecule has 0 aromatic carbocycles. The molecule has 1 aliphatic rings. The number of ether oxygens (including phenoxy) is 3. The van der Waals surface area contributed by atoms with Crippen molar-refractivity contribution in [3.8, 4) is 0 Å². The number of amides is 2. The summed E-state index contributed by atoms with van der Waals surface area (Å²) in [5.41, 5.74) is -0.698. The van der Waals surface area contributed by atoms with E-state index < -0.39 is 30.1 Å². The van der Waals surface area contributed by atoms with Crippen molar-refractivity contribution in [2.24, 2.45) is 5.92 Å². The number of hydrogen-bond donors (Lipinski definition) is 1. The van der Waals surface area contributed by atoms with Crippen molar-refractivity contribution in [2.75, 3.05) is 13.2 Å². The SMILES string of the molecule is CCOC(C)OC[C@@H]1C[C@H](C(C)=O)N(C(=O)OC(C)(C)C)[C@H]1C(CC)NC(C)=O. The van der Waals surface area contributed by atoms with Gasteiger partial charge in [-0.3, -0.25) is 14.5 Å². The van der Waals surface area contributed by atoms with E-state index in [0.717, 1.165) is 0 Å². The van der Waals surface area contributed by atoms with E-state index in [9.17, 15) is 14.4 Å². The van der Waals surface area contributed by atoms with Crippen molar-refractivity contribution in [1.82, 2.24) is 10.2 Å². The van der Waals surface area contributed by atoms with Gasteiger partial charge < -0.3 is 19.5 Å². The lowest BCUT2D eigenvalue weighted by Crippen LogP contribution is -2.56. The normalized spacial score (nSPS) is 24.1. The van der Waals surface area contributed by atoms with E-state index in [1.54, 1.807) is 20.8 Å². The summed E-state index contributed by atoms with van der Waals surface area (Å²) in [5, 5.41) is 2.93. The van der Waals surface area contributed by atoms with Gasteiger partial charge in [-0.1, -0.05) is 6.92 Å². The number of ketones is 1. The molecule has 1 heterocycles. The number of rotatable bonds is 9. The van der Waals surface area contributed by atoms with Crippen LogP contribution in [0.5, 0.6) is 0 Å². The molecule has 0 spiro atoms. The Labute approximate surface area is 174 Å². The molecule has 29 heavy (non-hydrogen) atoms. The Balaban J connectivity index is 3.23. The molecular formula is C21H38N2O6. The first-order valence-electron chi connectivity index (χ1n) is 10.4. The zero-order valence-electron chi connectivity index (χ0n) is 19.1. The second-order valence-corrected chi connectivity index (χ2v) is 8.57. The maximum atomic E-state index is 13.1. The van der Waals surface area contributed by atoms with Gasteiger partial charge in [0.1, 0.15) is 5.60 Å². The van der Waals surface area contributed by atoms with E-state index in [0.29, 0.717) is 26.1 Å². The first-order chi connectivity index (χ1) is 13.4. The Bertz CT molecular complexity index is 574. The van der Waals surface area contributed by atoms with Gasteiger partial charge in [0, 0.05) is 25.5 Å². The van der Waals surface area contributed by atoms with Gasteiger partial charge in [0.25, 0.3) is 0 Å². The summed E-state index contributed by atoms with van der Waals surface area (Å²) in [6.45, 7) is 14.8. The van der Waals surface area contributed by atoms with Gasteiger partial charge in [-0.2, -0.15) is 0 Å². The van der Waals surface area contributed by atoms with E-state index in [4.69, 9.17) is 14.2 Å². The maximum Gasteiger partial charge on any atom is 0.411 e. The monoisotopic (exact) mass is 414 g/mol. The second-order valence-electron chi connectivity index (χ2n) is 8.57. The topological polar surface area (TPSA) is 94.2 Å². The van der Waals surface area contributed by atoms with Crippen molar-refractivity contribution >= 4 is 17.8 Å². The largest absolute Gasteiger partial charge is 0.444 e. The number of Topliss-reactive ketones (excluding diaryl/α,β-unsaturated/α-hetero) is 1. The van der Waals surface area contributed by atoms with Crippen LogP contribution in [0.2, 0.25) is 0 Å². The summed E-state index contributed by atoms with van der Waals surface area (Å²) in [6, 6.07) is -1.35. The second kappa shape index (κ2) is 10.9. The minimum Gasteiger partial charge on any atom is -0.444 e. The molecule has 2 unspecified atom stereocenters. The zero-order valence-corrected chi connectivity index (χ0v) is 19.1. The number of nitrogens with zero attached hydrogens (tertiary/aromatic N) is 1. The summed E-state index contributed by atoms with van der Waals surface area (Å²) in [4.78, 5) is 38.7. The highest BCUT2D eigenvalue weighted by atomic mass is 16.7. The fourth-order valence-corrected chi connectivity index (χ4v) is 3.82. The maximum absolute atomic E-state index is 13.1. The Hall–Kier alpha value is -1.67. The highest BCUT2D eigenvalue weighted by Crippen LogP contribution is 2.35. The molecule has 0 radical (unpaired) electrons. The summed E-state index contributed by atoms with van der Waals surface area (Å²) in [7, 11) is 0. The number of nitrogens with one attached hydrogen (secondary N) is 1. The third-order valence-electron chi connectivity index (χ3n) is 4.93. The fraction of sp³-hybridized carbons (Fsp3) is 0.857. The van der Waals surface area contributed by atoms with Gasteiger partial charge in [0.2, 0.25) is 5.91 Å². The smallest absolute Gasteiger partial charge is 0.411 e. The van der Waals surface area contributed by atoms with Crippen LogP contribution in [-0.4, -0.2) is 65.9 Å². The van der Waals surface area contributed by atoms with E-state index in [1.807, 2.05) is 20.8 Å². The van der Waals surface area contributed by atoms with E-state index in [-0.39, 0.29) is 23.7 Å². The molecule has 0 bridgehead atoms. The van der Waals surface area contributed by atoms with Crippen LogP contribution in [-0.2, 0) is 23.8 Å². The lowest BCUT2D eigenvalue weighted by atomic mass is 9.92. The highest BCUT2D eigenvalue weighted by Gasteiger charge is 2.50. The average molecular weight is 415 g/mol. The Kier molecular flexibility index (Phi) is 9.55. The number of carbonyl (C=O) groups excluding carboxylic acids is 3. The van der Waals surface area contributed by atoms with Crippen molar-refractivity contribution in [3.63, 3.8) is 0 Å². The fourth-order valence-electron chi connectivity index (χ4n) is 3.82. The van der Waals surface area contributed by atoms with Crippen LogP contribution in [0.15, 0.2) is 0 Å². The molecule has 0 saturated carbocycles. The first-order valence-corrected chi connectivity index (χ1v) is 10.4. The standard InChI is InChI=1S/C21H38N2O6/c1-9-17(22-14(4)25)19-16(12-28-15(5)27-10-2)11-18(13(3)24)23(19)20(26)29-21(6,7)8/h15-19H,9-12H2,1-8H3,(H,22,25)/t15?,16-,17?,18+,19+/m0/s1. The van der Waals surface area contributed by atoms with Crippen molar-refractivity contribution in [2.45, 2.75) is 98.2 Å². The molecule has 0 aliphatic carbocycles. The number of hydrogen-bond acceptors (Lipinski definition) is 6. The average Bonchev–Trinajstić information content (AvgIpc) is 2.96. The minimum atomic E-state index is -0.698. The van der Waals surface area contributed by atoms with Crippen molar-refractivity contribution < 1.29 is 28.6 Å². The quantitative estimate of drug-likeness (QED) is 0.583. The van der Waals surface area contributed by atoms with Crippen LogP contribution >= 0.6 is 0 Å². The summed E-state index contributed by atoms with van der Waals surface area (Å²) < 4.78 is 16.9. The van der Waals surface area contributed by atoms with Gasteiger partial charge in [-0.05, 0) is 54.4 Å². The third kappa shape index (κ3) is 7.59. The molecule has 0 aromatic rings. The first kappa shape index (κ1) is 25.4. The van der Waals surface area contributed by atoms with Gasteiger partial charge in [0.15, 0.2) is 12.1 Å². The lowest BCUT2D eigenvalue weighted by molar-refractivity contribution is -0.137. The summed E-state index contributed by atoms with van der Waals surface area (Å²) in [6.07, 6.45) is 0.111. The number of carbonyl (C=O) groups is 3. The molecule has 8 heteroatoms. The Morgan fingerprint density at radius 1 is 1.14 bits per heavy atom. The van der Waals surface area contributed by atoms with Gasteiger partial charge in [-0.25, -0.2) is 4.79 Å². The molecule has 0 aromatic heterocycles. The molecule has 1 aliphatic heterocycles. The van der Waals surface area contributed by atoms with Crippen LogP contribution in [0.25, 0.3) is 0 Å². The van der Waals surface area contributed by atoms with E-state index >= 15 is 0 Å². The van der Waals surface area contributed by atoms with Crippen LogP contribution in [0.1, 0.15) is 68.2 Å². The highest BCUT2D eigenvalue weighted by molar-refractivity contribution is 5.86. The Morgan fingerprint density at radius 2 is 1.76 bits per heavy atom. The van der Waals surface area contributed by atoms with Gasteiger partial charge in [0.05, 0.1) is 18.7 Å². The summed E-state index contributed by atoms with van der Waals surface area (Å²) >= 11 is 0. The minimum absolute atomic E-state index is 0.112. The molecule has 2 amide bonds. The summed E-state index contributed by atoms with van der Waals surface area (Å²) in [5.74, 6) is -0.440. The molecule has 8 nitrogen and oxygen atoms in total. The molecule has 1 fully saturated rings. The van der Waals surface area contributed by atoms with Gasteiger partial charge in [-0.15, -0.1) is 0 Å². The molecule has 168 valence electrons. The molecular weight excluding hydrogens is 376 g/mol. The van der Waals surface area contributed by atoms with Crippen LogP contribution in [0.4, 0.5) is 4.79 Å². The Morgan fingerprint density at radius 3 is 2.21 bits per heavy atom. The molecule has 1 saturated heterocycles. The predicted molar refractivity (Wildman–Crippen MR) is 109 cm³/mol. The number of likely N-dealkylation sites (tertiary alicyclic amines) is 1. The predicted octanol–water partition coefficient (Wildman–Crippen LogP) is 2.88. The van der Waals surface area contributed by atoms with E-state index in [2.05, 4.69) is 5.32 Å². The lowest BCUT2D eigenvalue weighted by Gasteiger charge is -2.37. The zero-order chi connectivity index (χ0) is 22.4. The molecule has 1 rings (SSSR count). The molecule has 5 atom stereocenters. The van der Waals surface area contributed by atoms with Crippen LogP contribution in [0, 0.1) is 5.92 Å². The van der Waals surface area contributed by atoms with Crippen molar-refractivity contribution in [3.05, 3.63) is 0 Å². The third-order valence-corrected chi connectivity index (χ3v) is 4.93. The van der Waals surface area contributed by atoms with Crippen molar-refractivity contribution in [1.29, 1.82) is 0 Å². The van der Waals surface area contributed by atoms with Gasteiger partial charge >= 0.3 is 6.09 Å².